The number of nitrogens with one attached hydrogen (secondary N) is 2. The molecule has 2 aromatic heterocycles. The Morgan fingerprint density at radius 3 is 1.27 bits per heavy atom. The number of aromatic nitrogens is 2. The lowest BCUT2D eigenvalue weighted by Gasteiger charge is -2.19. The third-order valence-corrected chi connectivity index (χ3v) is 13.3. The van der Waals surface area contributed by atoms with Crippen LogP contribution in [0.3, 0.4) is 0 Å². The summed E-state index contributed by atoms with van der Waals surface area (Å²) < 4.78 is 112. The first-order valence-corrected chi connectivity index (χ1v) is 22.0. The highest BCUT2D eigenvalue weighted by molar-refractivity contribution is 7.85. The Labute approximate surface area is 378 Å². The first kappa shape index (κ1) is 48.6. The molecule has 0 saturated heterocycles. The van der Waals surface area contributed by atoms with Crippen LogP contribution in [0.4, 0.5) is 37.7 Å². The van der Waals surface area contributed by atoms with Crippen molar-refractivity contribution in [3.63, 3.8) is 0 Å². The predicted molar refractivity (Wildman–Crippen MR) is 237 cm³/mol. The first-order chi connectivity index (χ1) is 31.1. The van der Waals surface area contributed by atoms with Crippen molar-refractivity contribution in [3.8, 4) is 11.4 Å². The van der Waals surface area contributed by atoms with Gasteiger partial charge in [0.05, 0.1) is 42.5 Å². The van der Waals surface area contributed by atoms with E-state index in [0.717, 1.165) is 57.7 Å². The van der Waals surface area contributed by atoms with Gasteiger partial charge in [-0.3, -0.25) is 28.3 Å². The van der Waals surface area contributed by atoms with Gasteiger partial charge in [-0.15, -0.1) is 0 Å². The van der Waals surface area contributed by atoms with Gasteiger partial charge in [-0.25, -0.2) is 8.42 Å². The van der Waals surface area contributed by atoms with Crippen LogP contribution in [0.2, 0.25) is 0 Å². The Hall–Kier alpha value is -6.84. The van der Waals surface area contributed by atoms with Gasteiger partial charge in [0, 0.05) is 70.1 Å². The van der Waals surface area contributed by atoms with Crippen LogP contribution in [-0.4, -0.2) is 67.5 Å². The first-order valence-electron chi connectivity index (χ1n) is 19.7. The summed E-state index contributed by atoms with van der Waals surface area (Å²) in [6, 6.07) is 22.0. The summed E-state index contributed by atoms with van der Waals surface area (Å²) in [5, 5.41) is 5.19. The number of rotatable bonds is 14. The van der Waals surface area contributed by atoms with E-state index in [-0.39, 0.29) is 68.5 Å². The van der Waals surface area contributed by atoms with Gasteiger partial charge >= 0.3 is 12.4 Å². The van der Waals surface area contributed by atoms with Crippen LogP contribution in [-0.2, 0) is 34.0 Å². The monoisotopic (exact) mass is 953 g/mol. The molecule has 0 aliphatic heterocycles. The molecule has 2 heterocycles. The maximum atomic E-state index is 13.9. The minimum Gasteiger partial charge on any atom is -0.399 e. The van der Waals surface area contributed by atoms with Crippen LogP contribution in [0.1, 0.15) is 43.2 Å². The van der Waals surface area contributed by atoms with Gasteiger partial charge in [-0.05, 0) is 118 Å². The van der Waals surface area contributed by atoms with E-state index >= 15 is 0 Å². The number of amides is 2. The number of carbonyl (C=O) groups is 2. The summed E-state index contributed by atoms with van der Waals surface area (Å²) >= 11 is 0. The number of carbonyl (C=O) groups excluding carboxylic acids is 2. The second-order valence-corrected chi connectivity index (χ2v) is 17.8. The molecule has 0 bridgehead atoms. The summed E-state index contributed by atoms with van der Waals surface area (Å²) in [6.07, 6.45) is -9.51. The average molecular weight is 954 g/mol. The Morgan fingerprint density at radius 2 is 0.939 bits per heavy atom. The molecule has 0 radical (unpaired) electrons. The molecular weight excluding hydrogens is 913 g/mol. The maximum Gasteiger partial charge on any atom is 0.416 e. The topological polar surface area (TPSA) is 192 Å². The molecule has 0 spiro atoms. The molecular formula is C45H41F6N7O6S2. The zero-order chi connectivity index (χ0) is 48.2. The lowest BCUT2D eigenvalue weighted by atomic mass is 10.1. The third-order valence-electron chi connectivity index (χ3n) is 10.3. The molecule has 2 unspecified atom stereocenters. The van der Waals surface area contributed by atoms with Crippen molar-refractivity contribution in [2.45, 2.75) is 45.8 Å². The fraction of sp³-hybridized carbons (Fsp3) is 0.200. The van der Waals surface area contributed by atoms with Crippen LogP contribution in [0.5, 0.6) is 0 Å². The number of hydrogen-bond acceptors (Lipinski definition) is 9. The lowest BCUT2D eigenvalue weighted by Crippen LogP contribution is -2.40. The molecule has 0 saturated carbocycles. The summed E-state index contributed by atoms with van der Waals surface area (Å²) in [5.41, 5.74) is 6.88. The Bertz CT molecular complexity index is 2790. The fourth-order valence-electron chi connectivity index (χ4n) is 6.79. The second-order valence-electron chi connectivity index (χ2n) is 14.9. The number of nitrogens with two attached hydrogens (primary N) is 2. The molecule has 2 amide bonds. The van der Waals surface area contributed by atoms with Crippen molar-refractivity contribution in [3.05, 3.63) is 164 Å². The van der Waals surface area contributed by atoms with Crippen molar-refractivity contribution in [1.29, 1.82) is 0 Å². The summed E-state index contributed by atoms with van der Waals surface area (Å²) in [6.45, 7) is 2.86. The number of likely N-dealkylation sites (N-methyl/N-ethyl adjacent to an activating group) is 1. The highest BCUT2D eigenvalue weighted by atomic mass is 32.2. The van der Waals surface area contributed by atoms with E-state index < -0.39 is 79.1 Å². The van der Waals surface area contributed by atoms with Crippen LogP contribution in [0, 0.1) is 13.8 Å². The van der Waals surface area contributed by atoms with Crippen molar-refractivity contribution in [2.24, 2.45) is 0 Å². The van der Waals surface area contributed by atoms with Crippen molar-refractivity contribution in [2.75, 3.05) is 44.7 Å². The minimum absolute atomic E-state index is 0.0198. The van der Waals surface area contributed by atoms with Crippen molar-refractivity contribution >= 4 is 44.8 Å². The Kier molecular flexibility index (Phi) is 14.5. The summed E-state index contributed by atoms with van der Waals surface area (Å²) in [5.74, 6) is -1.83. The normalized spacial score (nSPS) is 12.8. The fourth-order valence-corrected chi connectivity index (χ4v) is 9.23. The number of halogens is 6. The molecule has 0 aliphatic carbocycles. The van der Waals surface area contributed by atoms with Gasteiger partial charge < -0.3 is 27.0 Å². The van der Waals surface area contributed by atoms with E-state index in [1.165, 1.54) is 74.5 Å². The number of benzene rings is 4. The highest BCUT2D eigenvalue weighted by Gasteiger charge is 2.33. The largest absolute Gasteiger partial charge is 0.416 e. The van der Waals surface area contributed by atoms with Crippen LogP contribution in [0.15, 0.2) is 138 Å². The maximum absolute atomic E-state index is 13.9. The number of alkyl halides is 6. The molecule has 6 rings (SSSR count). The highest BCUT2D eigenvalue weighted by Crippen LogP contribution is 2.33. The molecule has 6 aromatic rings. The zero-order valence-electron chi connectivity index (χ0n) is 35.3. The van der Waals surface area contributed by atoms with Gasteiger partial charge in [0.25, 0.3) is 22.9 Å². The number of hydrogen-bond donors (Lipinski definition) is 4. The predicted octanol–water partition coefficient (Wildman–Crippen LogP) is 6.23. The third kappa shape index (κ3) is 10.8. The van der Waals surface area contributed by atoms with E-state index in [1.807, 2.05) is 0 Å². The Morgan fingerprint density at radius 1 is 0.591 bits per heavy atom. The zero-order valence-corrected chi connectivity index (χ0v) is 36.9. The number of pyridine rings is 2. The molecule has 4 aromatic carbocycles. The van der Waals surface area contributed by atoms with Crippen LogP contribution < -0.4 is 33.2 Å². The van der Waals surface area contributed by atoms with Gasteiger partial charge in [0.15, 0.2) is 0 Å². The van der Waals surface area contributed by atoms with E-state index in [1.54, 1.807) is 11.9 Å². The number of nitrogens with zero attached hydrogens (tertiary/aromatic N) is 3. The van der Waals surface area contributed by atoms with E-state index in [2.05, 4.69) is 10.6 Å². The molecule has 0 fully saturated rings. The van der Waals surface area contributed by atoms with Crippen LogP contribution >= 0.6 is 0 Å². The van der Waals surface area contributed by atoms with Crippen molar-refractivity contribution in [1.82, 2.24) is 24.7 Å². The smallest absolute Gasteiger partial charge is 0.399 e. The molecule has 66 heavy (non-hydrogen) atoms. The van der Waals surface area contributed by atoms with E-state index in [4.69, 9.17) is 11.5 Å². The van der Waals surface area contributed by atoms with Crippen LogP contribution in [0.25, 0.3) is 11.4 Å². The van der Waals surface area contributed by atoms with E-state index in [9.17, 15) is 53.9 Å². The summed E-state index contributed by atoms with van der Waals surface area (Å²) in [4.78, 5) is 57.1. The minimum atomic E-state index is -4.76. The van der Waals surface area contributed by atoms with Gasteiger partial charge in [-0.1, -0.05) is 12.1 Å². The quantitative estimate of drug-likeness (QED) is 0.0724. The van der Waals surface area contributed by atoms with E-state index in [0.29, 0.717) is 11.4 Å². The SMILES string of the molecule is Cc1c(S(=O)c2ccc(N)cc2)cc(C(=O)NCCN(C)CCNC(=O)c2cc(S(=O)c3ccc(N)cc3)c(C)n(-c3cccc(C(F)(F)F)c3)c2=O)c(=O)n1-c1cccc(C(F)(F)F)c1. The Balaban J connectivity index is 1.19. The van der Waals surface area contributed by atoms with Crippen molar-refractivity contribution < 1.29 is 44.3 Å². The summed E-state index contributed by atoms with van der Waals surface area (Å²) in [7, 11) is -2.41. The number of nitrogen functional groups attached to an aromatic ring is 2. The molecule has 21 heteroatoms. The number of anilines is 2. The average Bonchev–Trinajstić information content (AvgIpc) is 3.26. The van der Waals surface area contributed by atoms with Gasteiger partial charge in [0.2, 0.25) is 0 Å². The van der Waals surface area contributed by atoms with Gasteiger partial charge in [-0.2, -0.15) is 26.3 Å². The molecule has 0 aliphatic rings. The van der Waals surface area contributed by atoms with Gasteiger partial charge in [0.1, 0.15) is 11.1 Å². The molecule has 346 valence electrons. The molecule has 6 N–H and O–H groups in total. The molecule has 2 atom stereocenters. The lowest BCUT2D eigenvalue weighted by molar-refractivity contribution is -0.138. The molecule has 13 nitrogen and oxygen atoms in total. The standard InChI is InChI=1S/C45H41F6N7O6S2/c1-26-38(65(63)34-14-10-30(52)11-15-34)24-36(42(61)57(26)32-8-4-6-28(22-32)44(46,47)48)40(59)54-18-20-56(3)21-19-55-41(60)37-25-39(66(64)35-16-12-31(53)13-17-35)27(2)58(43(37)62)33-9-5-7-29(23-33)45(49,50)51/h4-17,22-25H,18-21,52-53H2,1-3H3,(H,54,59)(H,55,60). The second kappa shape index (κ2) is 19.7.